The third-order valence-electron chi connectivity index (χ3n) is 2.04. The molecule has 0 bridgehead atoms. The van der Waals surface area contributed by atoms with Crippen LogP contribution in [0.3, 0.4) is 0 Å². The van der Waals surface area contributed by atoms with E-state index in [1.165, 1.54) is 17.1 Å². The minimum atomic E-state index is -0.583. The number of rotatable bonds is 4. The Hall–Kier alpha value is -1.84. The first kappa shape index (κ1) is 11.2. The van der Waals surface area contributed by atoms with Crippen molar-refractivity contribution >= 4 is 11.9 Å². The molecule has 1 rings (SSSR count). The second kappa shape index (κ2) is 5.14. The van der Waals surface area contributed by atoms with Gasteiger partial charge >= 0.3 is 5.97 Å². The third-order valence-corrected chi connectivity index (χ3v) is 2.04. The number of hydrogen-bond acceptors (Lipinski definition) is 3. The molecule has 1 fully saturated rings. The average molecular weight is 207 g/mol. The standard InChI is InChI=1S/C11H13NO3/c1-3-6-9(11(14)15-4-2)12-8-5-7-10(12)13/h3-4,6H,1-2,5,7-8H2. The summed E-state index contributed by atoms with van der Waals surface area (Å²) in [6.45, 7) is 7.33. The van der Waals surface area contributed by atoms with Gasteiger partial charge in [-0.15, -0.1) is 0 Å². The van der Waals surface area contributed by atoms with Crippen molar-refractivity contribution in [2.75, 3.05) is 6.54 Å². The van der Waals surface area contributed by atoms with Crippen LogP contribution >= 0.6 is 0 Å². The van der Waals surface area contributed by atoms with E-state index in [0.717, 1.165) is 12.7 Å². The molecule has 0 aliphatic carbocycles. The molecule has 0 unspecified atom stereocenters. The van der Waals surface area contributed by atoms with E-state index < -0.39 is 5.97 Å². The molecule has 1 saturated heterocycles. The first-order valence-electron chi connectivity index (χ1n) is 4.65. The molecule has 1 aliphatic rings. The zero-order valence-electron chi connectivity index (χ0n) is 8.44. The summed E-state index contributed by atoms with van der Waals surface area (Å²) in [5, 5.41) is 0. The Morgan fingerprint density at radius 1 is 1.47 bits per heavy atom. The second-order valence-electron chi connectivity index (χ2n) is 3.01. The van der Waals surface area contributed by atoms with Crippen molar-refractivity contribution < 1.29 is 14.3 Å². The van der Waals surface area contributed by atoms with Crippen molar-refractivity contribution in [3.8, 4) is 0 Å². The highest BCUT2D eigenvalue weighted by Gasteiger charge is 2.27. The van der Waals surface area contributed by atoms with Crippen LogP contribution in [-0.4, -0.2) is 23.3 Å². The van der Waals surface area contributed by atoms with Crippen molar-refractivity contribution in [3.05, 3.63) is 37.3 Å². The van der Waals surface area contributed by atoms with E-state index in [1.54, 1.807) is 0 Å². The Morgan fingerprint density at radius 2 is 2.20 bits per heavy atom. The minimum absolute atomic E-state index is 0.0656. The maximum absolute atomic E-state index is 11.5. The summed E-state index contributed by atoms with van der Waals surface area (Å²) in [7, 11) is 0. The Morgan fingerprint density at radius 3 is 2.67 bits per heavy atom. The van der Waals surface area contributed by atoms with Crippen LogP contribution in [-0.2, 0) is 14.3 Å². The van der Waals surface area contributed by atoms with Gasteiger partial charge in [-0.3, -0.25) is 4.79 Å². The first-order valence-corrected chi connectivity index (χ1v) is 4.65. The number of carbonyl (C=O) groups is 2. The summed E-state index contributed by atoms with van der Waals surface area (Å²) >= 11 is 0. The monoisotopic (exact) mass is 207 g/mol. The van der Waals surface area contributed by atoms with Crippen molar-refractivity contribution in [1.29, 1.82) is 0 Å². The largest absolute Gasteiger partial charge is 0.430 e. The van der Waals surface area contributed by atoms with E-state index in [4.69, 9.17) is 0 Å². The zero-order chi connectivity index (χ0) is 11.3. The SMILES string of the molecule is C=CC=C(C(=O)OC=C)N1CCCC1=O. The highest BCUT2D eigenvalue weighted by molar-refractivity contribution is 5.95. The molecule has 80 valence electrons. The minimum Gasteiger partial charge on any atom is -0.430 e. The van der Waals surface area contributed by atoms with E-state index in [-0.39, 0.29) is 11.6 Å². The van der Waals surface area contributed by atoms with Gasteiger partial charge in [0.1, 0.15) is 5.70 Å². The molecule has 1 aliphatic heterocycles. The highest BCUT2D eigenvalue weighted by Crippen LogP contribution is 2.17. The number of hydrogen-bond donors (Lipinski definition) is 0. The maximum Gasteiger partial charge on any atom is 0.359 e. The predicted octanol–water partition coefficient (Wildman–Crippen LogP) is 1.37. The van der Waals surface area contributed by atoms with Crippen molar-refractivity contribution in [1.82, 2.24) is 4.90 Å². The van der Waals surface area contributed by atoms with E-state index in [0.29, 0.717) is 13.0 Å². The maximum atomic E-state index is 11.5. The predicted molar refractivity (Wildman–Crippen MR) is 55.5 cm³/mol. The van der Waals surface area contributed by atoms with E-state index in [2.05, 4.69) is 17.9 Å². The molecule has 1 amide bonds. The van der Waals surface area contributed by atoms with Crippen LogP contribution in [0.1, 0.15) is 12.8 Å². The molecule has 0 spiro atoms. The lowest BCUT2D eigenvalue weighted by Crippen LogP contribution is -2.29. The summed E-state index contributed by atoms with van der Waals surface area (Å²) in [4.78, 5) is 24.3. The third kappa shape index (κ3) is 2.56. The Labute approximate surface area is 88.5 Å². The fraction of sp³-hybridized carbons (Fsp3) is 0.273. The molecule has 0 radical (unpaired) electrons. The van der Waals surface area contributed by atoms with Crippen LogP contribution in [0, 0.1) is 0 Å². The summed E-state index contributed by atoms with van der Waals surface area (Å²) < 4.78 is 4.63. The molecule has 15 heavy (non-hydrogen) atoms. The number of likely N-dealkylation sites (tertiary alicyclic amines) is 1. The van der Waals surface area contributed by atoms with Crippen molar-refractivity contribution in [3.63, 3.8) is 0 Å². The van der Waals surface area contributed by atoms with Gasteiger partial charge in [0.05, 0.1) is 6.26 Å². The molecule has 0 aromatic carbocycles. The van der Waals surface area contributed by atoms with Crippen molar-refractivity contribution in [2.45, 2.75) is 12.8 Å². The molecular formula is C11H13NO3. The average Bonchev–Trinajstić information content (AvgIpc) is 2.61. The highest BCUT2D eigenvalue weighted by atomic mass is 16.5. The lowest BCUT2D eigenvalue weighted by molar-refractivity contribution is -0.138. The molecular weight excluding hydrogens is 194 g/mol. The fourth-order valence-corrected chi connectivity index (χ4v) is 1.42. The number of nitrogens with zero attached hydrogens (tertiary/aromatic N) is 1. The molecule has 4 heteroatoms. The van der Waals surface area contributed by atoms with Gasteiger partial charge in [0.15, 0.2) is 0 Å². The lowest BCUT2D eigenvalue weighted by Gasteiger charge is -2.16. The normalized spacial score (nSPS) is 16.4. The zero-order valence-corrected chi connectivity index (χ0v) is 8.44. The second-order valence-corrected chi connectivity index (χ2v) is 3.01. The molecule has 0 atom stereocenters. The van der Waals surface area contributed by atoms with Gasteiger partial charge < -0.3 is 9.64 Å². The van der Waals surface area contributed by atoms with Gasteiger partial charge in [0.2, 0.25) is 5.91 Å². The number of allylic oxidation sites excluding steroid dienone is 2. The van der Waals surface area contributed by atoms with Gasteiger partial charge in [-0.05, 0) is 12.5 Å². The van der Waals surface area contributed by atoms with E-state index >= 15 is 0 Å². The van der Waals surface area contributed by atoms with Gasteiger partial charge in [0.25, 0.3) is 0 Å². The number of carbonyl (C=O) groups excluding carboxylic acids is 2. The van der Waals surface area contributed by atoms with Crippen LogP contribution in [0.2, 0.25) is 0 Å². The molecule has 0 aromatic rings. The Balaban J connectivity index is 2.87. The van der Waals surface area contributed by atoms with Crippen molar-refractivity contribution in [2.24, 2.45) is 0 Å². The topological polar surface area (TPSA) is 46.6 Å². The van der Waals surface area contributed by atoms with Crippen LogP contribution in [0.5, 0.6) is 0 Å². The summed E-state index contributed by atoms with van der Waals surface area (Å²) in [5.41, 5.74) is 0.215. The number of ether oxygens (including phenoxy) is 1. The van der Waals surface area contributed by atoms with Crippen LogP contribution in [0.4, 0.5) is 0 Å². The van der Waals surface area contributed by atoms with Gasteiger partial charge in [-0.1, -0.05) is 19.2 Å². The van der Waals surface area contributed by atoms with Gasteiger partial charge in [0, 0.05) is 13.0 Å². The van der Waals surface area contributed by atoms with Crippen LogP contribution < -0.4 is 0 Å². The van der Waals surface area contributed by atoms with Crippen LogP contribution in [0.25, 0.3) is 0 Å². The fourth-order valence-electron chi connectivity index (χ4n) is 1.42. The lowest BCUT2D eigenvalue weighted by atomic mass is 10.3. The smallest absolute Gasteiger partial charge is 0.359 e. The number of esters is 1. The quantitative estimate of drug-likeness (QED) is 0.303. The molecule has 0 aromatic heterocycles. The molecule has 0 saturated carbocycles. The summed E-state index contributed by atoms with van der Waals surface area (Å²) in [5.74, 6) is -0.649. The van der Waals surface area contributed by atoms with Gasteiger partial charge in [-0.2, -0.15) is 0 Å². The molecule has 4 nitrogen and oxygen atoms in total. The first-order chi connectivity index (χ1) is 7.20. The van der Waals surface area contributed by atoms with E-state index in [9.17, 15) is 9.59 Å². The Bertz CT molecular complexity index is 331. The summed E-state index contributed by atoms with van der Waals surface area (Å²) in [6.07, 6.45) is 5.19. The number of amides is 1. The Kier molecular flexibility index (Phi) is 3.85. The van der Waals surface area contributed by atoms with E-state index in [1.807, 2.05) is 0 Å². The van der Waals surface area contributed by atoms with Crippen LogP contribution in [0.15, 0.2) is 37.3 Å². The van der Waals surface area contributed by atoms with Gasteiger partial charge in [-0.25, -0.2) is 4.79 Å². The summed E-state index contributed by atoms with van der Waals surface area (Å²) in [6, 6.07) is 0. The molecule has 0 N–H and O–H groups in total. The molecule has 1 heterocycles.